The Morgan fingerprint density at radius 2 is 2.00 bits per heavy atom. The number of imide groups is 1. The molecule has 1 aliphatic rings. The lowest BCUT2D eigenvalue weighted by Gasteiger charge is -2.24. The molecule has 3 amide bonds. The van der Waals surface area contributed by atoms with Gasteiger partial charge in [-0.2, -0.15) is 0 Å². The van der Waals surface area contributed by atoms with Crippen molar-refractivity contribution in [2.24, 2.45) is 0 Å². The maximum absolute atomic E-state index is 13.3. The van der Waals surface area contributed by atoms with Crippen LogP contribution in [0.2, 0.25) is 5.02 Å². The summed E-state index contributed by atoms with van der Waals surface area (Å²) in [4.78, 5) is 53.9. The van der Waals surface area contributed by atoms with Crippen molar-refractivity contribution in [2.45, 2.75) is 32.3 Å². The summed E-state index contributed by atoms with van der Waals surface area (Å²) in [6.07, 6.45) is -0.168. The molecule has 0 aliphatic carbocycles. The number of amides is 3. The highest BCUT2D eigenvalue weighted by Crippen LogP contribution is 2.20. The van der Waals surface area contributed by atoms with Gasteiger partial charge in [0.1, 0.15) is 11.8 Å². The molecule has 0 saturated carbocycles. The molecule has 1 aliphatic heterocycles. The van der Waals surface area contributed by atoms with Crippen LogP contribution in [0.3, 0.4) is 0 Å². The maximum atomic E-state index is 13.3. The van der Waals surface area contributed by atoms with Crippen molar-refractivity contribution in [3.8, 4) is 0 Å². The number of carbonyl (C=O) groups excluding carboxylic acids is 3. The van der Waals surface area contributed by atoms with E-state index in [1.807, 2.05) is 0 Å². The van der Waals surface area contributed by atoms with Gasteiger partial charge in [-0.25, -0.2) is 4.98 Å². The van der Waals surface area contributed by atoms with E-state index in [4.69, 9.17) is 13.0 Å². The Labute approximate surface area is 183 Å². The molecule has 1 atom stereocenters. The van der Waals surface area contributed by atoms with E-state index in [0.717, 1.165) is 4.57 Å². The van der Waals surface area contributed by atoms with Gasteiger partial charge in [0, 0.05) is 23.6 Å². The van der Waals surface area contributed by atoms with Gasteiger partial charge in [0.25, 0.3) is 11.5 Å². The van der Waals surface area contributed by atoms with Gasteiger partial charge in [0.2, 0.25) is 11.8 Å². The fourth-order valence-corrected chi connectivity index (χ4v) is 3.60. The first-order valence-electron chi connectivity index (χ1n) is 10.1. The Kier molecular flexibility index (Phi) is 5.21. The predicted molar refractivity (Wildman–Crippen MR) is 115 cm³/mol. The largest absolute Gasteiger partial charge is 0.348 e. The van der Waals surface area contributed by atoms with Gasteiger partial charge in [-0.1, -0.05) is 17.7 Å². The molecule has 1 aromatic heterocycles. The highest BCUT2D eigenvalue weighted by Gasteiger charge is 2.30. The first-order valence-corrected chi connectivity index (χ1v) is 9.98. The maximum Gasteiger partial charge on any atom is 0.262 e. The number of halogens is 1. The second kappa shape index (κ2) is 8.31. The third-order valence-electron chi connectivity index (χ3n) is 5.03. The van der Waals surface area contributed by atoms with Crippen LogP contribution in [-0.4, -0.2) is 27.3 Å². The fraction of sp³-hybridized carbons (Fsp3) is 0.227. The number of piperidine rings is 1. The van der Waals surface area contributed by atoms with Crippen LogP contribution in [0.5, 0.6) is 0 Å². The van der Waals surface area contributed by atoms with Gasteiger partial charge in [0.15, 0.2) is 0 Å². The Bertz CT molecular complexity index is 1320. The first-order chi connectivity index (χ1) is 15.2. The fourth-order valence-electron chi connectivity index (χ4n) is 3.48. The molecule has 0 unspecified atom stereocenters. The summed E-state index contributed by atoms with van der Waals surface area (Å²) in [5.74, 6) is -1.43. The highest BCUT2D eigenvalue weighted by atomic mass is 35.5. The van der Waals surface area contributed by atoms with Crippen LogP contribution in [-0.2, 0) is 16.1 Å². The van der Waals surface area contributed by atoms with Crippen molar-refractivity contribution in [1.82, 2.24) is 20.2 Å². The molecule has 9 heteroatoms. The molecule has 4 rings (SSSR count). The number of carbonyl (C=O) groups is 3. The number of nitrogens with one attached hydrogen (secondary N) is 2. The monoisotopic (exact) mass is 439 g/mol. The summed E-state index contributed by atoms with van der Waals surface area (Å²) in [6.45, 7) is 1.70. The lowest BCUT2D eigenvalue weighted by atomic mass is 10.0. The summed E-state index contributed by atoms with van der Waals surface area (Å²) in [7, 11) is 0. The van der Waals surface area contributed by atoms with Gasteiger partial charge in [-0.05, 0) is 55.3 Å². The molecule has 31 heavy (non-hydrogen) atoms. The smallest absolute Gasteiger partial charge is 0.262 e. The molecular weight excluding hydrogens is 420 g/mol. The number of benzene rings is 2. The molecule has 2 heterocycles. The molecule has 0 spiro atoms. The van der Waals surface area contributed by atoms with E-state index >= 15 is 0 Å². The van der Waals surface area contributed by atoms with Gasteiger partial charge in [-0.3, -0.25) is 29.1 Å². The van der Waals surface area contributed by atoms with Crippen molar-refractivity contribution < 1.29 is 15.8 Å². The molecule has 2 aromatic carbocycles. The number of nitrogens with zero attached hydrogens (tertiary/aromatic N) is 2. The van der Waals surface area contributed by atoms with Crippen molar-refractivity contribution in [2.75, 3.05) is 0 Å². The second-order valence-corrected chi connectivity index (χ2v) is 7.60. The number of fused-ring (bicyclic) bond motifs is 1. The standard InChI is InChI=1S/C22H19ClN4O4/c1-12-25-17-7-2-13(11-24-20(29)14-3-5-15(23)6-4-14)10-16(17)22(31)27(12)18-8-9-19(28)26-21(18)30/h2-7,10,18H,8-9,11H2,1H3,(H,24,29)(H,26,28,30)/t18-/m1/s1/i18D. The van der Waals surface area contributed by atoms with Crippen LogP contribution in [0.25, 0.3) is 10.9 Å². The van der Waals surface area contributed by atoms with Crippen molar-refractivity contribution in [1.29, 1.82) is 0 Å². The van der Waals surface area contributed by atoms with Crippen LogP contribution in [0.4, 0.5) is 0 Å². The molecule has 2 N–H and O–H groups in total. The summed E-state index contributed by atoms with van der Waals surface area (Å²) in [5, 5.41) is 5.64. The van der Waals surface area contributed by atoms with Crippen LogP contribution in [0.15, 0.2) is 47.3 Å². The minimum atomic E-state index is -1.96. The summed E-state index contributed by atoms with van der Waals surface area (Å²) in [6, 6.07) is 9.46. The minimum Gasteiger partial charge on any atom is -0.348 e. The van der Waals surface area contributed by atoms with E-state index < -0.39 is 23.4 Å². The Morgan fingerprint density at radius 1 is 1.26 bits per heavy atom. The average molecular weight is 440 g/mol. The van der Waals surface area contributed by atoms with Crippen LogP contribution >= 0.6 is 11.6 Å². The van der Waals surface area contributed by atoms with E-state index in [2.05, 4.69) is 15.6 Å². The van der Waals surface area contributed by atoms with Gasteiger partial charge in [0.05, 0.1) is 12.3 Å². The summed E-state index contributed by atoms with van der Waals surface area (Å²) < 4.78 is 9.63. The third kappa shape index (κ3) is 4.20. The van der Waals surface area contributed by atoms with E-state index in [0.29, 0.717) is 21.7 Å². The first kappa shape index (κ1) is 19.4. The molecule has 1 saturated heterocycles. The predicted octanol–water partition coefficient (Wildman–Crippen LogP) is 2.27. The molecule has 1 fully saturated rings. The van der Waals surface area contributed by atoms with Crippen LogP contribution in [0, 0.1) is 6.92 Å². The molecule has 8 nitrogen and oxygen atoms in total. The zero-order valence-corrected chi connectivity index (χ0v) is 17.3. The van der Waals surface area contributed by atoms with Crippen LogP contribution in [0.1, 0.15) is 42.0 Å². The van der Waals surface area contributed by atoms with E-state index in [1.54, 1.807) is 49.4 Å². The van der Waals surface area contributed by atoms with E-state index in [-0.39, 0.29) is 36.5 Å². The lowest BCUT2D eigenvalue weighted by molar-refractivity contribution is -0.135. The SMILES string of the molecule is [2H][C@@]1(n2c(C)nc3ccc(CNC(=O)c4ccc(Cl)cc4)cc3c2=O)CCC(=O)NC1=O. The summed E-state index contributed by atoms with van der Waals surface area (Å²) >= 11 is 5.84. The molecule has 158 valence electrons. The number of hydrogen-bond acceptors (Lipinski definition) is 5. The number of rotatable bonds is 4. The zero-order chi connectivity index (χ0) is 23.0. The Hall–Kier alpha value is -3.52. The Balaban J connectivity index is 1.66. The van der Waals surface area contributed by atoms with Gasteiger partial charge < -0.3 is 5.32 Å². The van der Waals surface area contributed by atoms with Crippen molar-refractivity contribution >= 4 is 40.2 Å². The number of aromatic nitrogens is 2. The van der Waals surface area contributed by atoms with Crippen molar-refractivity contribution in [3.63, 3.8) is 0 Å². The Morgan fingerprint density at radius 3 is 2.71 bits per heavy atom. The molecule has 3 aromatic rings. The van der Waals surface area contributed by atoms with Gasteiger partial charge >= 0.3 is 0 Å². The number of aryl methyl sites for hydroxylation is 1. The molecule has 0 bridgehead atoms. The van der Waals surface area contributed by atoms with Gasteiger partial charge in [-0.15, -0.1) is 0 Å². The highest BCUT2D eigenvalue weighted by molar-refractivity contribution is 6.30. The minimum absolute atomic E-state index is 0.0457. The lowest BCUT2D eigenvalue weighted by Crippen LogP contribution is -2.45. The average Bonchev–Trinajstić information content (AvgIpc) is 2.76. The normalized spacial score (nSPS) is 19.1. The van der Waals surface area contributed by atoms with E-state index in [1.165, 1.54) is 0 Å². The molecule has 0 radical (unpaired) electrons. The van der Waals surface area contributed by atoms with E-state index in [9.17, 15) is 19.2 Å². The number of hydrogen-bond donors (Lipinski definition) is 2. The topological polar surface area (TPSA) is 110 Å². The summed E-state index contributed by atoms with van der Waals surface area (Å²) in [5.41, 5.74) is 0.950. The third-order valence-corrected chi connectivity index (χ3v) is 5.29. The molecular formula is C22H19ClN4O4. The zero-order valence-electron chi connectivity index (χ0n) is 17.6. The van der Waals surface area contributed by atoms with Crippen LogP contribution < -0.4 is 16.2 Å². The second-order valence-electron chi connectivity index (χ2n) is 7.16. The quantitative estimate of drug-likeness (QED) is 0.606. The van der Waals surface area contributed by atoms with Crippen molar-refractivity contribution in [3.05, 3.63) is 74.8 Å².